The molecular formula is C12H19NO3. The highest BCUT2D eigenvalue weighted by molar-refractivity contribution is 5.07. The van der Waals surface area contributed by atoms with Gasteiger partial charge >= 0.3 is 0 Å². The second kappa shape index (κ2) is 4.57. The third kappa shape index (κ3) is 2.45. The Hall–Kier alpha value is -0.840. The van der Waals surface area contributed by atoms with E-state index in [0.29, 0.717) is 18.2 Å². The van der Waals surface area contributed by atoms with Crippen LogP contribution < -0.4 is 5.32 Å². The maximum Gasteiger partial charge on any atom is 0.129 e. The van der Waals surface area contributed by atoms with Crippen LogP contribution in [0.25, 0.3) is 0 Å². The Labute approximate surface area is 95.3 Å². The Morgan fingerprint density at radius 1 is 1.38 bits per heavy atom. The van der Waals surface area contributed by atoms with Gasteiger partial charge in [-0.15, -0.1) is 0 Å². The second-order valence-corrected chi connectivity index (χ2v) is 4.73. The van der Waals surface area contributed by atoms with E-state index in [2.05, 4.69) is 5.32 Å². The Morgan fingerprint density at radius 3 is 2.56 bits per heavy atom. The van der Waals surface area contributed by atoms with Crippen molar-refractivity contribution in [3.05, 3.63) is 23.7 Å². The van der Waals surface area contributed by atoms with Gasteiger partial charge in [-0.2, -0.15) is 0 Å². The third-order valence-electron chi connectivity index (χ3n) is 3.35. The minimum absolute atomic E-state index is 0.0696. The first kappa shape index (κ1) is 11.6. The van der Waals surface area contributed by atoms with Crippen molar-refractivity contribution in [2.24, 2.45) is 5.92 Å². The average molecular weight is 225 g/mol. The lowest BCUT2D eigenvalue weighted by molar-refractivity contribution is 0.150. The van der Waals surface area contributed by atoms with E-state index in [1.54, 1.807) is 6.07 Å². The number of aliphatic hydroxyl groups excluding tert-OH is 2. The van der Waals surface area contributed by atoms with Crippen molar-refractivity contribution in [3.8, 4) is 0 Å². The van der Waals surface area contributed by atoms with Gasteiger partial charge in [0.15, 0.2) is 0 Å². The molecule has 0 aromatic carbocycles. The molecule has 1 unspecified atom stereocenters. The number of hydrogen-bond donors (Lipinski definition) is 3. The van der Waals surface area contributed by atoms with Gasteiger partial charge in [-0.1, -0.05) is 0 Å². The molecule has 1 aromatic heterocycles. The smallest absolute Gasteiger partial charge is 0.129 e. The lowest BCUT2D eigenvalue weighted by atomic mass is 9.97. The first-order valence-corrected chi connectivity index (χ1v) is 5.72. The van der Waals surface area contributed by atoms with Crippen LogP contribution in [-0.2, 0) is 13.2 Å². The number of aliphatic hydroxyl groups is 2. The molecule has 1 aliphatic carbocycles. The van der Waals surface area contributed by atoms with Crippen LogP contribution in [0.4, 0.5) is 0 Å². The summed E-state index contributed by atoms with van der Waals surface area (Å²) in [4.78, 5) is 0. The number of hydrogen-bond acceptors (Lipinski definition) is 4. The molecule has 90 valence electrons. The molecule has 3 N–H and O–H groups in total. The Bertz CT molecular complexity index is 346. The van der Waals surface area contributed by atoms with E-state index in [-0.39, 0.29) is 18.8 Å². The summed E-state index contributed by atoms with van der Waals surface area (Å²) in [5.74, 6) is 1.95. The van der Waals surface area contributed by atoms with Crippen LogP contribution in [-0.4, -0.2) is 22.4 Å². The van der Waals surface area contributed by atoms with E-state index in [1.807, 2.05) is 13.0 Å². The lowest BCUT2D eigenvalue weighted by Crippen LogP contribution is -2.47. The molecule has 1 heterocycles. The SMILES string of the molecule is CC(CO)(NCc1ccc(CO)o1)C1CC1. The molecule has 1 saturated carbocycles. The minimum Gasteiger partial charge on any atom is -0.462 e. The quantitative estimate of drug-likeness (QED) is 0.676. The fourth-order valence-corrected chi connectivity index (χ4v) is 1.94. The van der Waals surface area contributed by atoms with Crippen molar-refractivity contribution >= 4 is 0 Å². The van der Waals surface area contributed by atoms with Crippen molar-refractivity contribution in [1.29, 1.82) is 0 Å². The summed E-state index contributed by atoms with van der Waals surface area (Å²) in [6.45, 7) is 2.71. The molecule has 0 saturated heterocycles. The lowest BCUT2D eigenvalue weighted by Gasteiger charge is -2.28. The summed E-state index contributed by atoms with van der Waals surface area (Å²) >= 11 is 0. The van der Waals surface area contributed by atoms with Crippen molar-refractivity contribution < 1.29 is 14.6 Å². The van der Waals surface area contributed by atoms with Gasteiger partial charge in [0, 0.05) is 5.54 Å². The number of furan rings is 1. The summed E-state index contributed by atoms with van der Waals surface area (Å²) < 4.78 is 5.38. The van der Waals surface area contributed by atoms with E-state index >= 15 is 0 Å². The predicted octanol–water partition coefficient (Wildman–Crippen LogP) is 1.02. The van der Waals surface area contributed by atoms with Gasteiger partial charge in [-0.3, -0.25) is 0 Å². The van der Waals surface area contributed by atoms with Crippen molar-refractivity contribution in [2.75, 3.05) is 6.61 Å². The molecule has 1 fully saturated rings. The van der Waals surface area contributed by atoms with Crippen LogP contribution in [0.1, 0.15) is 31.3 Å². The van der Waals surface area contributed by atoms with E-state index in [9.17, 15) is 5.11 Å². The molecule has 16 heavy (non-hydrogen) atoms. The first-order chi connectivity index (χ1) is 7.68. The van der Waals surface area contributed by atoms with Gasteiger partial charge in [0.05, 0.1) is 13.2 Å². The van der Waals surface area contributed by atoms with Gasteiger partial charge in [0.2, 0.25) is 0 Å². The molecule has 4 heteroatoms. The molecule has 0 radical (unpaired) electrons. The minimum atomic E-state index is -0.202. The summed E-state index contributed by atoms with van der Waals surface area (Å²) in [5, 5.41) is 21.6. The van der Waals surface area contributed by atoms with Gasteiger partial charge < -0.3 is 19.9 Å². The fourth-order valence-electron chi connectivity index (χ4n) is 1.94. The molecule has 0 spiro atoms. The van der Waals surface area contributed by atoms with Crippen molar-refractivity contribution in [1.82, 2.24) is 5.32 Å². The zero-order valence-electron chi connectivity index (χ0n) is 9.57. The topological polar surface area (TPSA) is 65.6 Å². The highest BCUT2D eigenvalue weighted by Crippen LogP contribution is 2.39. The Balaban J connectivity index is 1.90. The molecule has 0 amide bonds. The zero-order chi connectivity index (χ0) is 11.6. The molecule has 2 rings (SSSR count). The predicted molar refractivity (Wildman–Crippen MR) is 59.7 cm³/mol. The summed E-state index contributed by atoms with van der Waals surface area (Å²) in [6, 6.07) is 3.62. The van der Waals surface area contributed by atoms with Crippen LogP contribution in [0.3, 0.4) is 0 Å². The standard InChI is InChI=1S/C12H19NO3/c1-12(8-15,9-2-3-9)13-6-10-4-5-11(7-14)16-10/h4-5,9,13-15H,2-3,6-8H2,1H3. The van der Waals surface area contributed by atoms with Gasteiger partial charge in [0.25, 0.3) is 0 Å². The average Bonchev–Trinajstić information content (AvgIpc) is 3.06. The second-order valence-electron chi connectivity index (χ2n) is 4.73. The number of nitrogens with one attached hydrogen (secondary N) is 1. The largest absolute Gasteiger partial charge is 0.462 e. The van der Waals surface area contributed by atoms with Gasteiger partial charge in [-0.05, 0) is 37.8 Å². The highest BCUT2D eigenvalue weighted by atomic mass is 16.4. The van der Waals surface area contributed by atoms with Crippen LogP contribution in [0.15, 0.2) is 16.5 Å². The molecule has 1 aromatic rings. The maximum absolute atomic E-state index is 9.39. The highest BCUT2D eigenvalue weighted by Gasteiger charge is 2.40. The molecule has 0 bridgehead atoms. The number of rotatable bonds is 6. The van der Waals surface area contributed by atoms with Crippen LogP contribution in [0.5, 0.6) is 0 Å². The van der Waals surface area contributed by atoms with Gasteiger partial charge in [-0.25, -0.2) is 0 Å². The van der Waals surface area contributed by atoms with Crippen LogP contribution >= 0.6 is 0 Å². The van der Waals surface area contributed by atoms with Crippen molar-refractivity contribution in [2.45, 2.75) is 38.5 Å². The van der Waals surface area contributed by atoms with Crippen LogP contribution in [0.2, 0.25) is 0 Å². The van der Waals surface area contributed by atoms with E-state index in [4.69, 9.17) is 9.52 Å². The Morgan fingerprint density at radius 2 is 2.06 bits per heavy atom. The first-order valence-electron chi connectivity index (χ1n) is 5.72. The fraction of sp³-hybridized carbons (Fsp3) is 0.667. The third-order valence-corrected chi connectivity index (χ3v) is 3.35. The monoisotopic (exact) mass is 225 g/mol. The summed E-state index contributed by atoms with van der Waals surface area (Å²) in [5.41, 5.74) is -0.202. The Kier molecular flexibility index (Phi) is 3.33. The zero-order valence-corrected chi connectivity index (χ0v) is 9.57. The maximum atomic E-state index is 9.39. The normalized spacial score (nSPS) is 19.7. The molecule has 1 aliphatic rings. The van der Waals surface area contributed by atoms with E-state index in [0.717, 1.165) is 5.76 Å². The summed E-state index contributed by atoms with van der Waals surface area (Å²) in [6.07, 6.45) is 2.37. The van der Waals surface area contributed by atoms with Crippen molar-refractivity contribution in [3.63, 3.8) is 0 Å². The molecule has 1 atom stereocenters. The van der Waals surface area contributed by atoms with E-state index < -0.39 is 0 Å². The summed E-state index contributed by atoms with van der Waals surface area (Å²) in [7, 11) is 0. The van der Waals surface area contributed by atoms with Gasteiger partial charge in [0.1, 0.15) is 18.1 Å². The van der Waals surface area contributed by atoms with Crippen LogP contribution in [0, 0.1) is 5.92 Å². The molecular weight excluding hydrogens is 206 g/mol. The molecule has 4 nitrogen and oxygen atoms in total. The van der Waals surface area contributed by atoms with E-state index in [1.165, 1.54) is 12.8 Å². The molecule has 0 aliphatic heterocycles.